The molecule has 2 rings (SSSR count). The van der Waals surface area contributed by atoms with Gasteiger partial charge in [-0.3, -0.25) is 9.69 Å². The van der Waals surface area contributed by atoms with E-state index >= 15 is 0 Å². The lowest BCUT2D eigenvalue weighted by Gasteiger charge is -2.29. The molecule has 0 radical (unpaired) electrons. The van der Waals surface area contributed by atoms with Crippen LogP contribution in [0, 0.1) is 0 Å². The molecule has 0 aliphatic carbocycles. The van der Waals surface area contributed by atoms with E-state index in [1.165, 1.54) is 0 Å². The number of nitrogens with one attached hydrogen (secondary N) is 2. The maximum atomic E-state index is 12.5. The van der Waals surface area contributed by atoms with Crippen molar-refractivity contribution >= 4 is 5.91 Å². The summed E-state index contributed by atoms with van der Waals surface area (Å²) in [6.07, 6.45) is 0.859. The Balaban J connectivity index is 1.90. The molecule has 122 valence electrons. The number of amides is 1. The van der Waals surface area contributed by atoms with Gasteiger partial charge in [0.25, 0.3) is 5.91 Å². The molecule has 5 nitrogen and oxygen atoms in total. The first kappa shape index (κ1) is 16.9. The number of hydrogen-bond acceptors (Lipinski definition) is 4. The van der Waals surface area contributed by atoms with Crippen LogP contribution in [0.4, 0.5) is 0 Å². The van der Waals surface area contributed by atoms with Crippen LogP contribution >= 0.6 is 0 Å². The van der Waals surface area contributed by atoms with Crippen LogP contribution in [-0.4, -0.2) is 63.3 Å². The van der Waals surface area contributed by atoms with Crippen molar-refractivity contribution in [2.75, 3.05) is 46.4 Å². The van der Waals surface area contributed by atoms with Gasteiger partial charge in [0, 0.05) is 31.2 Å². The fraction of sp³-hybridized carbons (Fsp3) is 0.588. The van der Waals surface area contributed by atoms with E-state index in [1.54, 1.807) is 0 Å². The second-order valence-electron chi connectivity index (χ2n) is 5.80. The predicted molar refractivity (Wildman–Crippen MR) is 88.3 cm³/mol. The fourth-order valence-electron chi connectivity index (χ4n) is 2.74. The zero-order valence-corrected chi connectivity index (χ0v) is 13.6. The van der Waals surface area contributed by atoms with Gasteiger partial charge in [0.15, 0.2) is 0 Å². The molecule has 1 fully saturated rings. The third-order valence-corrected chi connectivity index (χ3v) is 3.92. The Kier molecular flexibility index (Phi) is 6.83. The molecule has 0 spiro atoms. The zero-order chi connectivity index (χ0) is 15.8. The van der Waals surface area contributed by atoms with Crippen LogP contribution in [0.15, 0.2) is 24.3 Å². The minimum Gasteiger partial charge on any atom is -0.379 e. The van der Waals surface area contributed by atoms with Crippen LogP contribution in [0.2, 0.25) is 0 Å². The molecule has 1 aliphatic heterocycles. The Bertz CT molecular complexity index is 473. The highest BCUT2D eigenvalue weighted by atomic mass is 16.5. The molecule has 22 heavy (non-hydrogen) atoms. The minimum absolute atomic E-state index is 0.0208. The molecule has 1 heterocycles. The van der Waals surface area contributed by atoms with Gasteiger partial charge in [-0.15, -0.1) is 0 Å². The summed E-state index contributed by atoms with van der Waals surface area (Å²) in [7, 11) is 1.92. The van der Waals surface area contributed by atoms with E-state index in [-0.39, 0.29) is 11.9 Å². The quantitative estimate of drug-likeness (QED) is 0.786. The van der Waals surface area contributed by atoms with Crippen molar-refractivity contribution in [3.8, 4) is 0 Å². The molecule has 1 atom stereocenters. The lowest BCUT2D eigenvalue weighted by atomic mass is 10.0. The number of carbonyl (C=O) groups is 1. The molecule has 1 unspecified atom stereocenters. The summed E-state index contributed by atoms with van der Waals surface area (Å²) in [6, 6.07) is 7.97. The van der Waals surface area contributed by atoms with Crippen LogP contribution in [-0.2, 0) is 11.2 Å². The normalized spacial score (nSPS) is 17.2. The van der Waals surface area contributed by atoms with Crippen LogP contribution in [0.5, 0.6) is 0 Å². The summed E-state index contributed by atoms with van der Waals surface area (Å²) in [4.78, 5) is 14.8. The number of likely N-dealkylation sites (N-methyl/N-ethyl adjacent to an activating group) is 1. The molecule has 1 aromatic rings. The largest absolute Gasteiger partial charge is 0.379 e. The maximum absolute atomic E-state index is 12.5. The molecular formula is C17H27N3O2. The summed E-state index contributed by atoms with van der Waals surface area (Å²) >= 11 is 0. The number of ether oxygens (including phenoxy) is 1. The van der Waals surface area contributed by atoms with Crippen molar-refractivity contribution < 1.29 is 9.53 Å². The van der Waals surface area contributed by atoms with Gasteiger partial charge >= 0.3 is 0 Å². The Hall–Kier alpha value is -1.43. The predicted octanol–water partition coefficient (Wildman–Crippen LogP) is 0.899. The second kappa shape index (κ2) is 8.88. The molecule has 1 aromatic carbocycles. The van der Waals surface area contributed by atoms with E-state index in [1.807, 2.05) is 31.3 Å². The first-order chi connectivity index (χ1) is 10.7. The van der Waals surface area contributed by atoms with Gasteiger partial charge in [-0.2, -0.15) is 0 Å². The third-order valence-electron chi connectivity index (χ3n) is 3.92. The van der Waals surface area contributed by atoms with Crippen molar-refractivity contribution in [1.29, 1.82) is 0 Å². The molecule has 2 N–H and O–H groups in total. The summed E-state index contributed by atoms with van der Waals surface area (Å²) < 4.78 is 5.35. The molecule has 0 saturated carbocycles. The van der Waals surface area contributed by atoms with Crippen LogP contribution in [0.1, 0.15) is 22.8 Å². The van der Waals surface area contributed by atoms with Gasteiger partial charge in [-0.25, -0.2) is 0 Å². The van der Waals surface area contributed by atoms with E-state index in [0.29, 0.717) is 0 Å². The van der Waals surface area contributed by atoms with Gasteiger partial charge in [-0.05, 0) is 38.6 Å². The van der Waals surface area contributed by atoms with Crippen LogP contribution < -0.4 is 10.6 Å². The SMILES string of the molecule is CNCCc1ccccc1C(=O)NC(C)CN1CCOCC1. The Morgan fingerprint density at radius 3 is 2.77 bits per heavy atom. The summed E-state index contributed by atoms with van der Waals surface area (Å²) in [6.45, 7) is 7.25. The van der Waals surface area contributed by atoms with E-state index in [0.717, 1.165) is 56.9 Å². The van der Waals surface area contributed by atoms with Crippen molar-refractivity contribution in [2.24, 2.45) is 0 Å². The maximum Gasteiger partial charge on any atom is 0.251 e. The highest BCUT2D eigenvalue weighted by molar-refractivity contribution is 5.95. The number of rotatable bonds is 7. The lowest BCUT2D eigenvalue weighted by Crippen LogP contribution is -2.46. The van der Waals surface area contributed by atoms with Gasteiger partial charge < -0.3 is 15.4 Å². The fourth-order valence-corrected chi connectivity index (χ4v) is 2.74. The van der Waals surface area contributed by atoms with Gasteiger partial charge in [0.05, 0.1) is 13.2 Å². The van der Waals surface area contributed by atoms with Crippen LogP contribution in [0.25, 0.3) is 0 Å². The standard InChI is InChI=1S/C17H27N3O2/c1-14(13-20-9-11-22-12-10-20)19-17(21)16-6-4-3-5-15(16)7-8-18-2/h3-6,14,18H,7-13H2,1-2H3,(H,19,21). The van der Waals surface area contributed by atoms with E-state index in [4.69, 9.17) is 4.74 Å². The molecule has 1 amide bonds. The third kappa shape index (κ3) is 5.09. The van der Waals surface area contributed by atoms with Crippen LogP contribution in [0.3, 0.4) is 0 Å². The average Bonchev–Trinajstić information content (AvgIpc) is 2.54. The smallest absolute Gasteiger partial charge is 0.251 e. The highest BCUT2D eigenvalue weighted by Gasteiger charge is 2.17. The molecule has 1 saturated heterocycles. The summed E-state index contributed by atoms with van der Waals surface area (Å²) in [5.74, 6) is 0.0208. The lowest BCUT2D eigenvalue weighted by molar-refractivity contribution is 0.0342. The molecule has 5 heteroatoms. The zero-order valence-electron chi connectivity index (χ0n) is 13.6. The first-order valence-electron chi connectivity index (χ1n) is 8.04. The van der Waals surface area contributed by atoms with E-state index < -0.39 is 0 Å². The van der Waals surface area contributed by atoms with E-state index in [9.17, 15) is 4.79 Å². The van der Waals surface area contributed by atoms with Crippen molar-refractivity contribution in [1.82, 2.24) is 15.5 Å². The van der Waals surface area contributed by atoms with Crippen molar-refractivity contribution in [2.45, 2.75) is 19.4 Å². The molecule has 1 aliphatic rings. The number of morpholine rings is 1. The Morgan fingerprint density at radius 2 is 2.05 bits per heavy atom. The van der Waals surface area contributed by atoms with E-state index in [2.05, 4.69) is 22.5 Å². The van der Waals surface area contributed by atoms with Crippen molar-refractivity contribution in [3.63, 3.8) is 0 Å². The molecule has 0 aromatic heterocycles. The summed E-state index contributed by atoms with van der Waals surface area (Å²) in [5.41, 5.74) is 1.87. The average molecular weight is 305 g/mol. The topological polar surface area (TPSA) is 53.6 Å². The number of carbonyl (C=O) groups excluding carboxylic acids is 1. The van der Waals surface area contributed by atoms with Crippen molar-refractivity contribution in [3.05, 3.63) is 35.4 Å². The van der Waals surface area contributed by atoms with Gasteiger partial charge in [-0.1, -0.05) is 18.2 Å². The second-order valence-corrected chi connectivity index (χ2v) is 5.80. The van der Waals surface area contributed by atoms with Gasteiger partial charge in [0.1, 0.15) is 0 Å². The number of nitrogens with zero attached hydrogens (tertiary/aromatic N) is 1. The molecular weight excluding hydrogens is 278 g/mol. The first-order valence-corrected chi connectivity index (χ1v) is 8.04. The highest BCUT2D eigenvalue weighted by Crippen LogP contribution is 2.10. The Morgan fingerprint density at radius 1 is 1.32 bits per heavy atom. The van der Waals surface area contributed by atoms with Gasteiger partial charge in [0.2, 0.25) is 0 Å². The number of hydrogen-bond donors (Lipinski definition) is 2. The number of benzene rings is 1. The monoisotopic (exact) mass is 305 g/mol. The Labute approximate surface area is 133 Å². The summed E-state index contributed by atoms with van der Waals surface area (Å²) in [5, 5.41) is 6.25. The minimum atomic E-state index is 0.0208. The molecule has 0 bridgehead atoms.